The van der Waals surface area contributed by atoms with Crippen LogP contribution in [0.15, 0.2) is 43.0 Å². The van der Waals surface area contributed by atoms with E-state index in [1.807, 2.05) is 0 Å². The van der Waals surface area contributed by atoms with Crippen LogP contribution in [0.25, 0.3) is 33.8 Å². The molecule has 4 heterocycles. The van der Waals surface area contributed by atoms with Crippen LogP contribution < -0.4 is 4.74 Å². The van der Waals surface area contributed by atoms with Gasteiger partial charge in [-0.05, 0) is 18.4 Å². The number of aryl methyl sites for hydroxylation is 1. The molecular formula is C25H20F4N8O. The van der Waals surface area contributed by atoms with Gasteiger partial charge in [-0.1, -0.05) is 24.3 Å². The van der Waals surface area contributed by atoms with E-state index < -0.39 is 17.5 Å². The van der Waals surface area contributed by atoms with Crippen LogP contribution in [-0.2, 0) is 25.3 Å². The van der Waals surface area contributed by atoms with Crippen molar-refractivity contribution < 1.29 is 22.3 Å². The molecule has 0 atom stereocenters. The van der Waals surface area contributed by atoms with E-state index in [0.717, 1.165) is 11.8 Å². The Morgan fingerprint density at radius 3 is 2.50 bits per heavy atom. The van der Waals surface area contributed by atoms with Crippen molar-refractivity contribution in [3.63, 3.8) is 0 Å². The number of hydrogen-bond acceptors (Lipinski definition) is 7. The first kappa shape index (κ1) is 23.9. The summed E-state index contributed by atoms with van der Waals surface area (Å²) >= 11 is 0. The maximum absolute atomic E-state index is 15.1. The van der Waals surface area contributed by atoms with Crippen molar-refractivity contribution >= 4 is 11.0 Å². The van der Waals surface area contributed by atoms with Gasteiger partial charge < -0.3 is 9.30 Å². The number of benzene rings is 1. The van der Waals surface area contributed by atoms with Crippen LogP contribution in [0.4, 0.5) is 17.6 Å². The Hall–Kier alpha value is -4.42. The number of hydrogen-bond donors (Lipinski definition) is 1. The van der Waals surface area contributed by atoms with Crippen LogP contribution in [0.2, 0.25) is 0 Å². The van der Waals surface area contributed by atoms with E-state index in [1.54, 1.807) is 24.3 Å². The zero-order chi connectivity index (χ0) is 26.7. The van der Waals surface area contributed by atoms with Gasteiger partial charge in [0, 0.05) is 25.2 Å². The summed E-state index contributed by atoms with van der Waals surface area (Å²) in [6.45, 7) is 0. The Balaban J connectivity index is 1.32. The van der Waals surface area contributed by atoms with Crippen LogP contribution in [0.1, 0.15) is 35.5 Å². The lowest BCUT2D eigenvalue weighted by Gasteiger charge is -2.13. The zero-order valence-corrected chi connectivity index (χ0v) is 20.2. The van der Waals surface area contributed by atoms with Gasteiger partial charge in [-0.15, -0.1) is 0 Å². The lowest BCUT2D eigenvalue weighted by Crippen LogP contribution is -2.09. The molecule has 0 spiro atoms. The van der Waals surface area contributed by atoms with Crippen molar-refractivity contribution in [2.24, 2.45) is 7.05 Å². The summed E-state index contributed by atoms with van der Waals surface area (Å²) in [5, 5.41) is 7.24. The monoisotopic (exact) mass is 524 g/mol. The van der Waals surface area contributed by atoms with E-state index in [1.165, 1.54) is 31.2 Å². The average molecular weight is 524 g/mol. The fourth-order valence-corrected chi connectivity index (χ4v) is 4.36. The van der Waals surface area contributed by atoms with Crippen molar-refractivity contribution in [1.82, 2.24) is 39.7 Å². The topological polar surface area (TPSA) is 107 Å². The number of halogens is 4. The minimum Gasteiger partial charge on any atom is -0.480 e. The van der Waals surface area contributed by atoms with E-state index in [4.69, 9.17) is 4.74 Å². The summed E-state index contributed by atoms with van der Waals surface area (Å²) in [7, 11) is 2.96. The quantitative estimate of drug-likeness (QED) is 0.318. The van der Waals surface area contributed by atoms with E-state index in [-0.39, 0.29) is 23.2 Å². The summed E-state index contributed by atoms with van der Waals surface area (Å²) in [5.74, 6) is 0.619. The third-order valence-electron chi connectivity index (χ3n) is 6.47. The predicted molar refractivity (Wildman–Crippen MR) is 128 cm³/mol. The molecule has 0 aliphatic heterocycles. The fourth-order valence-electron chi connectivity index (χ4n) is 4.36. The summed E-state index contributed by atoms with van der Waals surface area (Å²) < 4.78 is 60.9. The first-order valence-electron chi connectivity index (χ1n) is 11.6. The molecule has 1 aliphatic rings. The molecule has 13 heteroatoms. The van der Waals surface area contributed by atoms with Gasteiger partial charge in [-0.3, -0.25) is 5.10 Å². The number of alkyl halides is 4. The molecule has 9 nitrogen and oxygen atoms in total. The first-order chi connectivity index (χ1) is 18.2. The second kappa shape index (κ2) is 8.57. The lowest BCUT2D eigenvalue weighted by atomic mass is 10.1. The summed E-state index contributed by atoms with van der Waals surface area (Å²) in [6.07, 6.45) is 0.355. The lowest BCUT2D eigenvalue weighted by molar-refractivity contribution is -0.140. The molecule has 38 heavy (non-hydrogen) atoms. The van der Waals surface area contributed by atoms with Gasteiger partial charge in [0.15, 0.2) is 17.2 Å². The van der Waals surface area contributed by atoms with E-state index in [0.29, 0.717) is 47.1 Å². The van der Waals surface area contributed by atoms with Crippen molar-refractivity contribution in [3.05, 3.63) is 65.6 Å². The number of nitrogens with one attached hydrogen (secondary N) is 1. The number of ether oxygens (including phenoxy) is 1. The third kappa shape index (κ3) is 4.13. The van der Waals surface area contributed by atoms with Crippen molar-refractivity contribution in [2.45, 2.75) is 31.1 Å². The summed E-state index contributed by atoms with van der Waals surface area (Å²) in [5.41, 5.74) is 1.17. The molecule has 6 rings (SSSR count). The Kier molecular flexibility index (Phi) is 5.40. The van der Waals surface area contributed by atoms with Gasteiger partial charge in [-0.2, -0.15) is 18.3 Å². The highest BCUT2D eigenvalue weighted by molar-refractivity contribution is 5.80. The van der Waals surface area contributed by atoms with E-state index in [9.17, 15) is 13.2 Å². The number of aromatic amines is 1. The Bertz CT molecular complexity index is 1650. The minimum absolute atomic E-state index is 0.182. The zero-order valence-electron chi connectivity index (χ0n) is 20.2. The van der Waals surface area contributed by atoms with Crippen molar-refractivity contribution in [3.8, 4) is 28.7 Å². The molecule has 1 aromatic carbocycles. The first-order valence-corrected chi connectivity index (χ1v) is 11.6. The molecule has 1 fully saturated rings. The predicted octanol–water partition coefficient (Wildman–Crippen LogP) is 4.79. The molecule has 1 aliphatic carbocycles. The number of nitrogens with zero attached hydrogens (tertiary/aromatic N) is 7. The van der Waals surface area contributed by atoms with Gasteiger partial charge in [0.2, 0.25) is 5.88 Å². The van der Waals surface area contributed by atoms with Gasteiger partial charge >= 0.3 is 6.18 Å². The van der Waals surface area contributed by atoms with E-state index in [2.05, 4.69) is 35.1 Å². The second-order valence-corrected chi connectivity index (χ2v) is 9.13. The smallest absolute Gasteiger partial charge is 0.434 e. The number of methoxy groups -OCH3 is 1. The maximum atomic E-state index is 15.1. The van der Waals surface area contributed by atoms with Crippen LogP contribution >= 0.6 is 0 Å². The molecule has 0 amide bonds. The second-order valence-electron chi connectivity index (χ2n) is 9.13. The fraction of sp³-hybridized carbons (Fsp3) is 0.280. The third-order valence-corrected chi connectivity index (χ3v) is 6.47. The number of imidazole rings is 1. The molecule has 0 bridgehead atoms. The van der Waals surface area contributed by atoms with Crippen LogP contribution in [-0.4, -0.2) is 46.8 Å². The average Bonchev–Trinajstić information content (AvgIpc) is 3.34. The Morgan fingerprint density at radius 1 is 1.08 bits per heavy atom. The van der Waals surface area contributed by atoms with Crippen LogP contribution in [0, 0.1) is 0 Å². The molecule has 194 valence electrons. The molecule has 4 aromatic heterocycles. The van der Waals surface area contributed by atoms with Gasteiger partial charge in [-0.25, -0.2) is 29.3 Å². The van der Waals surface area contributed by atoms with Crippen molar-refractivity contribution in [2.75, 3.05) is 7.11 Å². The molecule has 1 saturated carbocycles. The van der Waals surface area contributed by atoms with Crippen LogP contribution in [0.3, 0.4) is 0 Å². The molecule has 0 unspecified atom stereocenters. The van der Waals surface area contributed by atoms with Gasteiger partial charge in [0.1, 0.15) is 28.7 Å². The number of aromatic nitrogens is 8. The SMILES string of the molecule is COc1ncnc(C2(F)CC2)c1-c1ncc2n[nH]c(Cc3ccc(-c4nc(C(F)(F)F)cn4C)cc3)c2n1. The number of fused-ring (bicyclic) bond motifs is 1. The molecule has 1 N–H and O–H groups in total. The Morgan fingerprint density at radius 2 is 1.84 bits per heavy atom. The standard InChI is InChI=1S/C25H20F4N8O/c1-37-11-17(25(27,28)29)33-22(37)14-5-3-13(4-6-14)9-15-19-16(36-35-15)10-30-21(34-19)18-20(24(26)7-8-24)31-12-32-23(18)38-2/h3-6,10-12H,7-9H2,1-2H3,(H,35,36). The van der Waals surface area contributed by atoms with Crippen LogP contribution in [0.5, 0.6) is 5.88 Å². The minimum atomic E-state index is -4.52. The number of H-pyrrole nitrogens is 1. The summed E-state index contributed by atoms with van der Waals surface area (Å²) in [6, 6.07) is 7.04. The molecular weight excluding hydrogens is 504 g/mol. The molecule has 0 saturated heterocycles. The summed E-state index contributed by atoms with van der Waals surface area (Å²) in [4.78, 5) is 21.1. The highest BCUT2D eigenvalue weighted by Gasteiger charge is 2.49. The normalized spacial score (nSPS) is 14.7. The van der Waals surface area contributed by atoms with Crippen molar-refractivity contribution in [1.29, 1.82) is 0 Å². The molecule has 5 aromatic rings. The largest absolute Gasteiger partial charge is 0.480 e. The van der Waals surface area contributed by atoms with Gasteiger partial charge in [0.05, 0.1) is 24.7 Å². The Labute approximate surface area is 213 Å². The maximum Gasteiger partial charge on any atom is 0.434 e. The number of rotatable bonds is 6. The highest BCUT2D eigenvalue weighted by atomic mass is 19.4. The molecule has 0 radical (unpaired) electrons. The van der Waals surface area contributed by atoms with E-state index >= 15 is 4.39 Å². The van der Waals surface area contributed by atoms with Gasteiger partial charge in [0.25, 0.3) is 0 Å². The highest BCUT2D eigenvalue weighted by Crippen LogP contribution is 2.52.